The summed E-state index contributed by atoms with van der Waals surface area (Å²) in [5.41, 5.74) is 0. The van der Waals surface area contributed by atoms with Gasteiger partial charge >= 0.3 is 23.9 Å². The lowest BCUT2D eigenvalue weighted by atomic mass is 9.90. The van der Waals surface area contributed by atoms with E-state index in [0.717, 1.165) is 27.7 Å². The molecule has 0 aromatic heterocycles. The standard InChI is InChI=1S/C18H29FO9/c1-9(15(19)8-25-11(3)20)16(26-12(4)21)18(28-14(6)23)17(10(2)24-7)27-13(5)22/h9-10,15-18H,8H2,1-7H3/t9?,10?,15-,16?,17?,18?/m0/s1. The Morgan fingerprint density at radius 3 is 1.57 bits per heavy atom. The van der Waals surface area contributed by atoms with Crippen molar-refractivity contribution in [3.8, 4) is 0 Å². The summed E-state index contributed by atoms with van der Waals surface area (Å²) in [6, 6.07) is 0. The van der Waals surface area contributed by atoms with E-state index in [0.29, 0.717) is 0 Å². The maximum atomic E-state index is 14.6. The molecule has 0 aromatic rings. The monoisotopic (exact) mass is 408 g/mol. The first-order chi connectivity index (χ1) is 12.9. The number of hydrogen-bond acceptors (Lipinski definition) is 9. The first-order valence-corrected chi connectivity index (χ1v) is 8.72. The van der Waals surface area contributed by atoms with Crippen LogP contribution in [0.25, 0.3) is 0 Å². The van der Waals surface area contributed by atoms with Crippen LogP contribution in [-0.4, -0.2) is 68.2 Å². The first-order valence-electron chi connectivity index (χ1n) is 8.72. The van der Waals surface area contributed by atoms with Crippen molar-refractivity contribution in [2.45, 2.75) is 72.1 Å². The predicted molar refractivity (Wildman–Crippen MR) is 93.8 cm³/mol. The van der Waals surface area contributed by atoms with Gasteiger partial charge in [0.15, 0.2) is 12.2 Å². The van der Waals surface area contributed by atoms with Gasteiger partial charge in [-0.2, -0.15) is 0 Å². The maximum Gasteiger partial charge on any atom is 0.303 e. The Morgan fingerprint density at radius 1 is 0.750 bits per heavy atom. The van der Waals surface area contributed by atoms with Gasteiger partial charge in [-0.3, -0.25) is 19.2 Å². The van der Waals surface area contributed by atoms with E-state index in [1.165, 1.54) is 14.0 Å². The lowest BCUT2D eigenvalue weighted by Crippen LogP contribution is -2.53. The Kier molecular flexibility index (Phi) is 11.3. The van der Waals surface area contributed by atoms with Crippen molar-refractivity contribution in [3.05, 3.63) is 0 Å². The molecule has 0 saturated carbocycles. The summed E-state index contributed by atoms with van der Waals surface area (Å²) in [7, 11) is 1.34. The third-order valence-corrected chi connectivity index (χ3v) is 3.92. The van der Waals surface area contributed by atoms with Crippen molar-refractivity contribution >= 4 is 23.9 Å². The lowest BCUT2D eigenvalue weighted by Gasteiger charge is -2.37. The van der Waals surface area contributed by atoms with Gasteiger partial charge in [0.1, 0.15) is 18.9 Å². The number of ether oxygens (including phenoxy) is 5. The van der Waals surface area contributed by atoms with E-state index >= 15 is 0 Å². The Bertz CT molecular complexity index is 551. The zero-order chi connectivity index (χ0) is 22.0. The van der Waals surface area contributed by atoms with Crippen molar-refractivity contribution in [1.82, 2.24) is 0 Å². The molecule has 28 heavy (non-hydrogen) atoms. The van der Waals surface area contributed by atoms with Crippen LogP contribution in [0.1, 0.15) is 41.5 Å². The fraction of sp³-hybridized carbons (Fsp3) is 0.778. The molecule has 0 spiro atoms. The third kappa shape index (κ3) is 9.12. The first kappa shape index (κ1) is 25.8. The lowest BCUT2D eigenvalue weighted by molar-refractivity contribution is -0.200. The van der Waals surface area contributed by atoms with E-state index in [2.05, 4.69) is 4.74 Å². The minimum absolute atomic E-state index is 0.584. The van der Waals surface area contributed by atoms with Crippen LogP contribution in [0.5, 0.6) is 0 Å². The number of esters is 4. The minimum atomic E-state index is -1.75. The van der Waals surface area contributed by atoms with E-state index < -0.39 is 67.0 Å². The van der Waals surface area contributed by atoms with Gasteiger partial charge in [0.25, 0.3) is 0 Å². The van der Waals surface area contributed by atoms with Gasteiger partial charge in [-0.25, -0.2) is 4.39 Å². The zero-order valence-electron chi connectivity index (χ0n) is 17.2. The number of hydrogen-bond donors (Lipinski definition) is 0. The van der Waals surface area contributed by atoms with Crippen LogP contribution >= 0.6 is 0 Å². The van der Waals surface area contributed by atoms with Gasteiger partial charge in [-0.1, -0.05) is 6.92 Å². The highest BCUT2D eigenvalue weighted by atomic mass is 19.1. The molecule has 0 aliphatic rings. The van der Waals surface area contributed by atoms with Crippen LogP contribution in [0.2, 0.25) is 0 Å². The van der Waals surface area contributed by atoms with Crippen LogP contribution in [0.3, 0.4) is 0 Å². The summed E-state index contributed by atoms with van der Waals surface area (Å²) in [4.78, 5) is 45.7. The van der Waals surface area contributed by atoms with Crippen molar-refractivity contribution < 1.29 is 47.3 Å². The zero-order valence-corrected chi connectivity index (χ0v) is 17.2. The fourth-order valence-electron chi connectivity index (χ4n) is 2.49. The average Bonchev–Trinajstić information content (AvgIpc) is 2.58. The second-order valence-electron chi connectivity index (χ2n) is 6.34. The van der Waals surface area contributed by atoms with Crippen LogP contribution in [-0.2, 0) is 42.9 Å². The second kappa shape index (κ2) is 12.3. The largest absolute Gasteiger partial charge is 0.463 e. The normalized spacial score (nSPS) is 17.3. The van der Waals surface area contributed by atoms with Crippen LogP contribution in [0.15, 0.2) is 0 Å². The number of rotatable bonds is 11. The summed E-state index contributed by atoms with van der Waals surface area (Å²) in [6.07, 6.45) is -6.40. The Morgan fingerprint density at radius 2 is 1.18 bits per heavy atom. The minimum Gasteiger partial charge on any atom is -0.463 e. The van der Waals surface area contributed by atoms with Gasteiger partial charge in [0.2, 0.25) is 0 Å². The maximum absolute atomic E-state index is 14.6. The molecule has 162 valence electrons. The highest BCUT2D eigenvalue weighted by Crippen LogP contribution is 2.26. The van der Waals surface area contributed by atoms with Crippen molar-refractivity contribution in [2.75, 3.05) is 13.7 Å². The summed E-state index contributed by atoms with van der Waals surface area (Å²) >= 11 is 0. The predicted octanol–water partition coefficient (Wildman–Crippen LogP) is 1.35. The second-order valence-corrected chi connectivity index (χ2v) is 6.34. The van der Waals surface area contributed by atoms with Gasteiger partial charge < -0.3 is 23.7 Å². The SMILES string of the molecule is COC(C)C(OC(C)=O)C(OC(C)=O)C(OC(C)=O)C(C)[C@@H](F)COC(C)=O. The summed E-state index contributed by atoms with van der Waals surface area (Å²) in [6.45, 7) is 6.83. The van der Waals surface area contributed by atoms with E-state index in [4.69, 9.17) is 18.9 Å². The van der Waals surface area contributed by atoms with E-state index in [1.54, 1.807) is 6.92 Å². The Balaban J connectivity index is 5.94. The smallest absolute Gasteiger partial charge is 0.303 e. The molecule has 10 heteroatoms. The van der Waals surface area contributed by atoms with Gasteiger partial charge in [-0.05, 0) is 6.92 Å². The number of methoxy groups -OCH3 is 1. The third-order valence-electron chi connectivity index (χ3n) is 3.92. The highest BCUT2D eigenvalue weighted by molar-refractivity contribution is 5.68. The molecule has 0 rings (SSSR count). The van der Waals surface area contributed by atoms with Crippen LogP contribution < -0.4 is 0 Å². The van der Waals surface area contributed by atoms with Gasteiger partial charge in [-0.15, -0.1) is 0 Å². The summed E-state index contributed by atoms with van der Waals surface area (Å²) < 4.78 is 40.1. The number of carbonyl (C=O) groups excluding carboxylic acids is 4. The molecule has 0 aliphatic carbocycles. The van der Waals surface area contributed by atoms with E-state index in [9.17, 15) is 23.6 Å². The Hall–Kier alpha value is -2.23. The topological polar surface area (TPSA) is 114 Å². The van der Waals surface area contributed by atoms with Crippen LogP contribution in [0, 0.1) is 5.92 Å². The van der Waals surface area contributed by atoms with Crippen molar-refractivity contribution in [3.63, 3.8) is 0 Å². The molecule has 0 aliphatic heterocycles. The molecule has 5 unspecified atom stereocenters. The Labute approximate surface area is 163 Å². The molecule has 9 nitrogen and oxygen atoms in total. The quantitative estimate of drug-likeness (QED) is 0.369. The van der Waals surface area contributed by atoms with Gasteiger partial charge in [0.05, 0.1) is 6.10 Å². The molecule has 0 bridgehead atoms. The summed E-state index contributed by atoms with van der Waals surface area (Å²) in [5.74, 6) is -3.97. The van der Waals surface area contributed by atoms with Gasteiger partial charge in [0, 0.05) is 40.7 Å². The van der Waals surface area contributed by atoms with Crippen molar-refractivity contribution in [1.29, 1.82) is 0 Å². The summed E-state index contributed by atoms with van der Waals surface area (Å²) in [5, 5.41) is 0. The molecule has 0 saturated heterocycles. The van der Waals surface area contributed by atoms with E-state index in [1.807, 2.05) is 0 Å². The van der Waals surface area contributed by atoms with E-state index in [-0.39, 0.29) is 0 Å². The molecule has 0 fully saturated rings. The number of alkyl halides is 1. The molecule has 0 aromatic carbocycles. The molecule has 0 N–H and O–H groups in total. The molecule has 6 atom stereocenters. The fourth-order valence-corrected chi connectivity index (χ4v) is 2.49. The molecule has 0 heterocycles. The molecular weight excluding hydrogens is 379 g/mol. The average molecular weight is 408 g/mol. The number of halogens is 1. The van der Waals surface area contributed by atoms with Crippen LogP contribution in [0.4, 0.5) is 4.39 Å². The molecular formula is C18H29FO9. The number of carbonyl (C=O) groups is 4. The highest BCUT2D eigenvalue weighted by Gasteiger charge is 2.45. The molecule has 0 radical (unpaired) electrons. The molecule has 0 amide bonds. The van der Waals surface area contributed by atoms with Crippen molar-refractivity contribution in [2.24, 2.45) is 5.92 Å².